The third kappa shape index (κ3) is 6.42. The number of hydrogen-bond acceptors (Lipinski definition) is 10. The minimum atomic E-state index is -4.09. The molecule has 3 heterocycles. The summed E-state index contributed by atoms with van der Waals surface area (Å²) in [5, 5.41) is 22.2. The quantitative estimate of drug-likeness (QED) is 0.263. The maximum atomic E-state index is 13.7. The van der Waals surface area contributed by atoms with E-state index in [-0.39, 0.29) is 24.5 Å². The fourth-order valence-corrected chi connectivity index (χ4v) is 7.11. The highest BCUT2D eigenvalue weighted by Gasteiger charge is 2.35. The van der Waals surface area contributed by atoms with Crippen LogP contribution in [0.2, 0.25) is 0 Å². The number of carbonyl (C=O) groups excluding carboxylic acids is 1. The number of thiophene rings is 1. The number of fused-ring (bicyclic) bond motifs is 1. The van der Waals surface area contributed by atoms with Gasteiger partial charge in [-0.15, -0.1) is 11.3 Å². The van der Waals surface area contributed by atoms with E-state index in [1.54, 1.807) is 0 Å². The molecule has 0 bridgehead atoms. The molecule has 5 N–H and O–H groups in total. The number of nitrogens with two attached hydrogens (primary N) is 1. The van der Waals surface area contributed by atoms with Crippen LogP contribution < -0.4 is 15.8 Å². The number of hydrogen-bond donors (Lipinski definition) is 4. The van der Waals surface area contributed by atoms with Crippen LogP contribution in [0.1, 0.15) is 74.6 Å². The Morgan fingerprint density at radius 1 is 1.27 bits per heavy atom. The van der Waals surface area contributed by atoms with Crippen molar-refractivity contribution in [3.63, 3.8) is 0 Å². The Morgan fingerprint density at radius 2 is 2.10 bits per heavy atom. The normalized spacial score (nSPS) is 22.7. The summed E-state index contributed by atoms with van der Waals surface area (Å²) in [6, 6.07) is 8.55. The number of nitrogens with zero attached hydrogens (tertiary/aromatic N) is 2. The number of benzene rings is 1. The first-order valence-electron chi connectivity index (χ1n) is 13.5. The lowest BCUT2D eigenvalue weighted by atomic mass is 9.88. The smallest absolute Gasteiger partial charge is 0.333 e. The molecule has 2 aromatic heterocycles. The van der Waals surface area contributed by atoms with E-state index in [0.717, 1.165) is 36.2 Å². The Balaban J connectivity index is 1.35. The van der Waals surface area contributed by atoms with Gasteiger partial charge in [0.15, 0.2) is 0 Å². The molecule has 10 nitrogen and oxygen atoms in total. The molecule has 5 rings (SSSR count). The van der Waals surface area contributed by atoms with Gasteiger partial charge in [0.25, 0.3) is 0 Å². The Hall–Kier alpha value is -2.74. The van der Waals surface area contributed by atoms with E-state index < -0.39 is 22.3 Å². The fourth-order valence-electron chi connectivity index (χ4n) is 5.74. The van der Waals surface area contributed by atoms with Gasteiger partial charge in [-0.3, -0.25) is 8.98 Å². The van der Waals surface area contributed by atoms with E-state index in [2.05, 4.69) is 49.9 Å². The molecule has 1 fully saturated rings. The average Bonchev–Trinajstić information content (AvgIpc) is 3.48. The molecule has 1 saturated carbocycles. The SMILES string of the molecule is CCCc1ccc2c(c1)[C@H](c1cc(C(=O)c3cncnc3N[C@@H]3C[C@H](COS(N)(=O)=O)[C@@H](O)C3)sc1C)NCC2. The fraction of sp³-hybridized carbons (Fsp3) is 0.464. The minimum Gasteiger partial charge on any atom is -0.393 e. The van der Waals surface area contributed by atoms with Crippen LogP contribution in [0.25, 0.3) is 0 Å². The van der Waals surface area contributed by atoms with E-state index in [9.17, 15) is 18.3 Å². The molecular formula is C28H35N5O5S2. The zero-order valence-corrected chi connectivity index (χ0v) is 24.2. The van der Waals surface area contributed by atoms with Crippen molar-refractivity contribution in [3.8, 4) is 0 Å². The van der Waals surface area contributed by atoms with E-state index in [1.807, 2.05) is 13.0 Å². The van der Waals surface area contributed by atoms with Crippen LogP contribution in [0, 0.1) is 12.8 Å². The maximum absolute atomic E-state index is 13.7. The number of nitrogens with one attached hydrogen (secondary N) is 2. The molecule has 4 atom stereocenters. The third-order valence-electron chi connectivity index (χ3n) is 7.70. The molecular weight excluding hydrogens is 550 g/mol. The van der Waals surface area contributed by atoms with E-state index >= 15 is 0 Å². The number of anilines is 1. The lowest BCUT2D eigenvalue weighted by Gasteiger charge is -2.28. The van der Waals surface area contributed by atoms with Crippen LogP contribution in [0.3, 0.4) is 0 Å². The van der Waals surface area contributed by atoms with Crippen LogP contribution in [-0.2, 0) is 27.3 Å². The van der Waals surface area contributed by atoms with Gasteiger partial charge >= 0.3 is 10.3 Å². The molecule has 12 heteroatoms. The summed E-state index contributed by atoms with van der Waals surface area (Å²) in [5.74, 6) is -0.211. The minimum absolute atomic E-state index is 0.0273. The number of carbonyl (C=O) groups is 1. The van der Waals surface area contributed by atoms with Gasteiger partial charge < -0.3 is 15.7 Å². The summed E-state index contributed by atoms with van der Waals surface area (Å²) in [6.45, 7) is 4.90. The molecule has 1 aliphatic heterocycles. The van der Waals surface area contributed by atoms with Gasteiger partial charge in [0.1, 0.15) is 12.1 Å². The average molecular weight is 586 g/mol. The van der Waals surface area contributed by atoms with E-state index in [1.165, 1.54) is 40.6 Å². The first-order valence-corrected chi connectivity index (χ1v) is 15.8. The van der Waals surface area contributed by atoms with Crippen LogP contribution in [0.5, 0.6) is 0 Å². The molecule has 214 valence electrons. The third-order valence-corrected chi connectivity index (χ3v) is 9.22. The first kappa shape index (κ1) is 28.8. The van der Waals surface area contributed by atoms with Crippen molar-refractivity contribution in [2.45, 2.75) is 64.1 Å². The molecule has 0 amide bonds. The number of rotatable bonds is 10. The van der Waals surface area contributed by atoms with Crippen molar-refractivity contribution in [2.75, 3.05) is 18.5 Å². The summed E-state index contributed by atoms with van der Waals surface area (Å²) in [4.78, 5) is 23.8. The van der Waals surface area contributed by atoms with E-state index in [4.69, 9.17) is 5.14 Å². The van der Waals surface area contributed by atoms with Crippen molar-refractivity contribution in [1.29, 1.82) is 0 Å². The van der Waals surface area contributed by atoms with Gasteiger partial charge in [-0.2, -0.15) is 8.42 Å². The molecule has 1 aliphatic carbocycles. The van der Waals surface area contributed by atoms with E-state index in [0.29, 0.717) is 29.1 Å². The summed E-state index contributed by atoms with van der Waals surface area (Å²) in [6.07, 6.45) is 5.99. The molecule has 0 saturated heterocycles. The molecule has 0 spiro atoms. The Labute approximate surface area is 238 Å². The van der Waals surface area contributed by atoms with Gasteiger partial charge in [0, 0.05) is 29.6 Å². The molecule has 2 aliphatic rings. The summed E-state index contributed by atoms with van der Waals surface area (Å²) >= 11 is 1.46. The Bertz CT molecular complexity index is 1490. The highest BCUT2D eigenvalue weighted by molar-refractivity contribution is 7.84. The zero-order valence-electron chi connectivity index (χ0n) is 22.6. The number of ketones is 1. The van der Waals surface area contributed by atoms with Crippen LogP contribution in [0.4, 0.5) is 5.82 Å². The molecule has 0 radical (unpaired) electrons. The van der Waals surface area contributed by atoms with Crippen LogP contribution in [0.15, 0.2) is 36.8 Å². The maximum Gasteiger partial charge on any atom is 0.333 e. The van der Waals surface area contributed by atoms with Crippen LogP contribution in [-0.4, -0.2) is 54.6 Å². The summed E-state index contributed by atoms with van der Waals surface area (Å²) < 4.78 is 27.0. The Kier molecular flexibility index (Phi) is 8.64. The van der Waals surface area contributed by atoms with Crippen molar-refractivity contribution in [2.24, 2.45) is 11.1 Å². The highest BCUT2D eigenvalue weighted by atomic mass is 32.2. The standard InChI is InChI=1S/C28H35N5O5S2/c1-3-4-17-5-6-18-7-8-31-26(22(18)9-17)21-12-25(39-16(21)2)27(35)23-13-30-15-32-28(23)33-20-10-19(24(34)11-20)14-38-40(29,36)37/h5-6,9,12-13,15,19-20,24,26,31,34H,3-4,7-8,10-11,14H2,1-2H3,(H2,29,36,37)(H,30,32,33)/t19-,20-,24+,26+/m1/s1. The second-order valence-electron chi connectivity index (χ2n) is 10.6. The molecule has 1 aromatic carbocycles. The summed E-state index contributed by atoms with van der Waals surface area (Å²) in [7, 11) is -4.09. The Morgan fingerprint density at radius 3 is 2.88 bits per heavy atom. The second kappa shape index (κ2) is 12.0. The second-order valence-corrected chi connectivity index (χ2v) is 13.1. The highest BCUT2D eigenvalue weighted by Crippen LogP contribution is 2.37. The largest absolute Gasteiger partial charge is 0.393 e. The van der Waals surface area contributed by atoms with Crippen LogP contribution >= 0.6 is 11.3 Å². The zero-order chi connectivity index (χ0) is 28.4. The van der Waals surface area contributed by atoms with Crippen molar-refractivity contribution < 1.29 is 22.5 Å². The monoisotopic (exact) mass is 585 g/mol. The predicted octanol–water partition coefficient (Wildman–Crippen LogP) is 3.04. The van der Waals surface area contributed by atoms with Gasteiger partial charge in [-0.05, 0) is 60.9 Å². The molecule has 0 unspecified atom stereocenters. The summed E-state index contributed by atoms with van der Waals surface area (Å²) in [5.41, 5.74) is 5.40. The number of aromatic nitrogens is 2. The number of aliphatic hydroxyl groups is 1. The van der Waals surface area contributed by atoms with Crippen molar-refractivity contribution >= 4 is 33.2 Å². The number of aliphatic hydroxyl groups excluding tert-OH is 1. The lowest BCUT2D eigenvalue weighted by Crippen LogP contribution is -2.30. The number of aryl methyl sites for hydroxylation is 2. The van der Waals surface area contributed by atoms with Gasteiger partial charge in [0.05, 0.1) is 29.2 Å². The van der Waals surface area contributed by atoms with Crippen molar-refractivity contribution in [1.82, 2.24) is 15.3 Å². The predicted molar refractivity (Wildman–Crippen MR) is 154 cm³/mol. The first-order chi connectivity index (χ1) is 19.1. The topological polar surface area (TPSA) is 157 Å². The van der Waals surface area contributed by atoms with Crippen molar-refractivity contribution in [3.05, 3.63) is 74.4 Å². The lowest BCUT2D eigenvalue weighted by molar-refractivity contribution is 0.101. The van der Waals surface area contributed by atoms with Gasteiger partial charge in [-0.25, -0.2) is 15.1 Å². The molecule has 40 heavy (non-hydrogen) atoms. The molecule has 3 aromatic rings. The van der Waals surface area contributed by atoms with Gasteiger partial charge in [-0.1, -0.05) is 31.5 Å². The van der Waals surface area contributed by atoms with Gasteiger partial charge in [0.2, 0.25) is 5.78 Å².